The molecular formula is C20H29N3O3. The Hall–Kier alpha value is -2.08. The van der Waals surface area contributed by atoms with E-state index in [0.717, 1.165) is 37.7 Å². The van der Waals surface area contributed by atoms with Gasteiger partial charge in [-0.05, 0) is 43.9 Å². The van der Waals surface area contributed by atoms with Crippen LogP contribution >= 0.6 is 0 Å². The van der Waals surface area contributed by atoms with Crippen molar-refractivity contribution in [1.29, 1.82) is 0 Å². The number of amides is 2. The van der Waals surface area contributed by atoms with Crippen molar-refractivity contribution in [2.24, 2.45) is 5.73 Å². The van der Waals surface area contributed by atoms with Crippen molar-refractivity contribution < 1.29 is 14.3 Å². The highest BCUT2D eigenvalue weighted by atomic mass is 16.5. The molecule has 142 valence electrons. The summed E-state index contributed by atoms with van der Waals surface area (Å²) in [5.41, 5.74) is 7.71. The number of hydrogen-bond acceptors (Lipinski definition) is 4. The number of nitrogens with two attached hydrogens (primary N) is 1. The molecule has 0 bridgehead atoms. The van der Waals surface area contributed by atoms with Gasteiger partial charge in [0.1, 0.15) is 12.3 Å². The van der Waals surface area contributed by atoms with Crippen LogP contribution in [0.25, 0.3) is 0 Å². The highest BCUT2D eigenvalue weighted by molar-refractivity contribution is 6.03. The number of nitrogens with zero attached hydrogens (tertiary/aromatic N) is 1. The SMILES string of the molecule is CCC(N)c1ccc2c(c1)N(CC(=O)NC1CCCCC1)C(=O)C(C)O2. The fourth-order valence-electron chi connectivity index (χ4n) is 3.72. The zero-order valence-electron chi connectivity index (χ0n) is 15.7. The fraction of sp³-hybridized carbons (Fsp3) is 0.600. The minimum atomic E-state index is -0.601. The molecule has 1 aromatic carbocycles. The Morgan fingerprint density at radius 3 is 2.77 bits per heavy atom. The van der Waals surface area contributed by atoms with Gasteiger partial charge in [-0.15, -0.1) is 0 Å². The molecule has 1 aromatic rings. The van der Waals surface area contributed by atoms with Gasteiger partial charge in [0.25, 0.3) is 5.91 Å². The molecule has 0 saturated heterocycles. The Morgan fingerprint density at radius 2 is 2.08 bits per heavy atom. The van der Waals surface area contributed by atoms with Crippen molar-refractivity contribution in [3.05, 3.63) is 23.8 Å². The van der Waals surface area contributed by atoms with Gasteiger partial charge in [-0.3, -0.25) is 14.5 Å². The van der Waals surface area contributed by atoms with Crippen LogP contribution in [-0.2, 0) is 9.59 Å². The first-order chi connectivity index (χ1) is 12.5. The van der Waals surface area contributed by atoms with Gasteiger partial charge < -0.3 is 15.8 Å². The van der Waals surface area contributed by atoms with Crippen LogP contribution < -0.4 is 20.7 Å². The van der Waals surface area contributed by atoms with Crippen molar-refractivity contribution in [3.63, 3.8) is 0 Å². The lowest BCUT2D eigenvalue weighted by Gasteiger charge is -2.34. The van der Waals surface area contributed by atoms with Gasteiger partial charge in [-0.2, -0.15) is 0 Å². The average Bonchev–Trinajstić information content (AvgIpc) is 2.65. The summed E-state index contributed by atoms with van der Waals surface area (Å²) in [6.45, 7) is 3.74. The summed E-state index contributed by atoms with van der Waals surface area (Å²) in [5.74, 6) is 0.309. The van der Waals surface area contributed by atoms with Crippen LogP contribution in [-0.4, -0.2) is 30.5 Å². The highest BCUT2D eigenvalue weighted by Crippen LogP contribution is 2.36. The van der Waals surface area contributed by atoms with Crippen LogP contribution in [0.15, 0.2) is 18.2 Å². The van der Waals surface area contributed by atoms with E-state index in [1.807, 2.05) is 25.1 Å². The minimum absolute atomic E-state index is 0.0147. The van der Waals surface area contributed by atoms with Crippen molar-refractivity contribution in [2.45, 2.75) is 70.6 Å². The Labute approximate surface area is 155 Å². The van der Waals surface area contributed by atoms with Gasteiger partial charge in [0.15, 0.2) is 6.10 Å². The van der Waals surface area contributed by atoms with Crippen LogP contribution in [0, 0.1) is 0 Å². The van der Waals surface area contributed by atoms with Crippen LogP contribution in [0.5, 0.6) is 5.75 Å². The molecule has 26 heavy (non-hydrogen) atoms. The number of carbonyl (C=O) groups excluding carboxylic acids is 2. The second kappa shape index (κ2) is 8.08. The zero-order chi connectivity index (χ0) is 18.7. The van der Waals surface area contributed by atoms with Crippen LogP contribution in [0.3, 0.4) is 0 Å². The van der Waals surface area contributed by atoms with Crippen molar-refractivity contribution in [1.82, 2.24) is 5.32 Å². The van der Waals surface area contributed by atoms with E-state index in [2.05, 4.69) is 5.32 Å². The fourth-order valence-corrected chi connectivity index (χ4v) is 3.72. The summed E-state index contributed by atoms with van der Waals surface area (Å²) in [7, 11) is 0. The van der Waals surface area contributed by atoms with Crippen LogP contribution in [0.1, 0.15) is 64.0 Å². The number of benzene rings is 1. The minimum Gasteiger partial charge on any atom is -0.479 e. The van der Waals surface area contributed by atoms with E-state index in [9.17, 15) is 9.59 Å². The Morgan fingerprint density at radius 1 is 1.35 bits per heavy atom. The van der Waals surface area contributed by atoms with Gasteiger partial charge >= 0.3 is 0 Å². The molecule has 3 N–H and O–H groups in total. The quantitative estimate of drug-likeness (QED) is 0.846. The number of rotatable bonds is 5. The average molecular weight is 359 g/mol. The van der Waals surface area contributed by atoms with Crippen LogP contribution in [0.4, 0.5) is 5.69 Å². The van der Waals surface area contributed by atoms with E-state index < -0.39 is 6.10 Å². The number of fused-ring (bicyclic) bond motifs is 1. The van der Waals surface area contributed by atoms with E-state index >= 15 is 0 Å². The summed E-state index contributed by atoms with van der Waals surface area (Å²) < 4.78 is 5.71. The molecule has 1 saturated carbocycles. The van der Waals surface area contributed by atoms with Gasteiger partial charge in [0.05, 0.1) is 5.69 Å². The second-order valence-electron chi connectivity index (χ2n) is 7.33. The summed E-state index contributed by atoms with van der Waals surface area (Å²) >= 11 is 0. The van der Waals surface area contributed by atoms with E-state index in [-0.39, 0.29) is 30.4 Å². The largest absolute Gasteiger partial charge is 0.479 e. The number of carbonyl (C=O) groups is 2. The maximum atomic E-state index is 12.7. The maximum Gasteiger partial charge on any atom is 0.268 e. The maximum absolute atomic E-state index is 12.7. The lowest BCUT2D eigenvalue weighted by Crippen LogP contribution is -2.50. The number of hydrogen-bond donors (Lipinski definition) is 2. The Balaban J connectivity index is 1.79. The van der Waals surface area contributed by atoms with E-state index in [1.54, 1.807) is 6.92 Å². The third-order valence-electron chi connectivity index (χ3n) is 5.33. The predicted molar refractivity (Wildman–Crippen MR) is 101 cm³/mol. The highest BCUT2D eigenvalue weighted by Gasteiger charge is 2.33. The molecule has 6 heteroatoms. The molecule has 2 amide bonds. The predicted octanol–water partition coefficient (Wildman–Crippen LogP) is 2.66. The summed E-state index contributed by atoms with van der Waals surface area (Å²) in [6.07, 6.45) is 5.78. The lowest BCUT2D eigenvalue weighted by molar-refractivity contribution is -0.128. The summed E-state index contributed by atoms with van der Waals surface area (Å²) in [5, 5.41) is 3.08. The number of anilines is 1. The van der Waals surface area contributed by atoms with Gasteiger partial charge in [0, 0.05) is 12.1 Å². The molecule has 1 fully saturated rings. The normalized spacial score (nSPS) is 21.7. The smallest absolute Gasteiger partial charge is 0.268 e. The standard InChI is InChI=1S/C20H29N3O3/c1-3-16(21)14-9-10-18-17(11-14)23(20(25)13(2)26-18)12-19(24)22-15-7-5-4-6-8-15/h9-11,13,15-16H,3-8,12,21H2,1-2H3,(H,22,24). The number of nitrogens with one attached hydrogen (secondary N) is 1. The second-order valence-corrected chi connectivity index (χ2v) is 7.33. The summed E-state index contributed by atoms with van der Waals surface area (Å²) in [4.78, 5) is 26.7. The van der Waals surface area contributed by atoms with E-state index in [4.69, 9.17) is 10.5 Å². The van der Waals surface area contributed by atoms with Gasteiger partial charge in [0.2, 0.25) is 5.91 Å². The first-order valence-corrected chi connectivity index (χ1v) is 9.66. The molecule has 2 aliphatic rings. The molecule has 2 atom stereocenters. The van der Waals surface area contributed by atoms with E-state index in [1.165, 1.54) is 11.3 Å². The molecule has 1 heterocycles. The molecule has 0 spiro atoms. The molecular weight excluding hydrogens is 330 g/mol. The van der Waals surface area contributed by atoms with Crippen LogP contribution in [0.2, 0.25) is 0 Å². The first-order valence-electron chi connectivity index (χ1n) is 9.66. The number of ether oxygens (including phenoxy) is 1. The lowest BCUT2D eigenvalue weighted by atomic mass is 9.95. The van der Waals surface area contributed by atoms with E-state index in [0.29, 0.717) is 11.4 Å². The Bertz CT molecular complexity index is 670. The third kappa shape index (κ3) is 4.01. The monoisotopic (exact) mass is 359 g/mol. The molecule has 0 aromatic heterocycles. The molecule has 1 aliphatic carbocycles. The van der Waals surface area contributed by atoms with Gasteiger partial charge in [-0.25, -0.2) is 0 Å². The first kappa shape index (κ1) is 18.7. The zero-order valence-corrected chi connectivity index (χ0v) is 15.7. The molecule has 6 nitrogen and oxygen atoms in total. The van der Waals surface area contributed by atoms with Crippen molar-refractivity contribution in [2.75, 3.05) is 11.4 Å². The van der Waals surface area contributed by atoms with Gasteiger partial charge in [-0.1, -0.05) is 32.3 Å². The van der Waals surface area contributed by atoms with Crippen molar-refractivity contribution in [3.8, 4) is 5.75 Å². The summed E-state index contributed by atoms with van der Waals surface area (Å²) in [6, 6.07) is 5.77. The molecule has 3 rings (SSSR count). The van der Waals surface area contributed by atoms with Crippen molar-refractivity contribution >= 4 is 17.5 Å². The Kier molecular flexibility index (Phi) is 5.81. The third-order valence-corrected chi connectivity index (χ3v) is 5.33. The topological polar surface area (TPSA) is 84.7 Å². The molecule has 1 aliphatic heterocycles. The molecule has 2 unspecified atom stereocenters. The molecule has 0 radical (unpaired) electrons.